The molecule has 4 nitrogen and oxygen atoms in total. The predicted octanol–water partition coefficient (Wildman–Crippen LogP) is 3.60. The summed E-state index contributed by atoms with van der Waals surface area (Å²) in [5, 5.41) is 0. The standard InChI is InChI=1S/C15H20BrN3O/c1-15(2,3)10-7-9(5-6-11(10)20-4)13-14(16)19-12(8-17)18-13/h5-7H,8,17H2,1-4H3,(H,18,19). The van der Waals surface area contributed by atoms with Crippen LogP contribution in [0.3, 0.4) is 0 Å². The monoisotopic (exact) mass is 337 g/mol. The largest absolute Gasteiger partial charge is 0.496 e. The number of imidazole rings is 1. The Morgan fingerprint density at radius 3 is 2.55 bits per heavy atom. The summed E-state index contributed by atoms with van der Waals surface area (Å²) in [6.07, 6.45) is 0. The Kier molecular flexibility index (Phi) is 4.20. The molecular weight excluding hydrogens is 318 g/mol. The van der Waals surface area contributed by atoms with Crippen LogP contribution >= 0.6 is 15.9 Å². The maximum absolute atomic E-state index is 5.62. The Balaban J connectivity index is 2.55. The number of H-pyrrole nitrogens is 1. The van der Waals surface area contributed by atoms with Gasteiger partial charge in [0, 0.05) is 11.1 Å². The molecule has 0 bridgehead atoms. The highest BCUT2D eigenvalue weighted by Gasteiger charge is 2.20. The first kappa shape index (κ1) is 15.1. The van der Waals surface area contributed by atoms with Crippen molar-refractivity contribution in [3.8, 4) is 17.0 Å². The van der Waals surface area contributed by atoms with Gasteiger partial charge in [-0.1, -0.05) is 20.8 Å². The fourth-order valence-corrected chi connectivity index (χ4v) is 2.67. The maximum Gasteiger partial charge on any atom is 0.122 e. The van der Waals surface area contributed by atoms with E-state index in [1.54, 1.807) is 7.11 Å². The lowest BCUT2D eigenvalue weighted by Crippen LogP contribution is -2.13. The van der Waals surface area contributed by atoms with E-state index in [9.17, 15) is 0 Å². The molecule has 0 fully saturated rings. The van der Waals surface area contributed by atoms with E-state index < -0.39 is 0 Å². The van der Waals surface area contributed by atoms with Crippen molar-refractivity contribution in [3.63, 3.8) is 0 Å². The predicted molar refractivity (Wildman–Crippen MR) is 84.9 cm³/mol. The van der Waals surface area contributed by atoms with Gasteiger partial charge in [0.05, 0.1) is 13.7 Å². The fourth-order valence-electron chi connectivity index (χ4n) is 2.13. The Morgan fingerprint density at radius 1 is 1.35 bits per heavy atom. The minimum absolute atomic E-state index is 0.000827. The number of aromatic amines is 1. The summed E-state index contributed by atoms with van der Waals surface area (Å²) in [4.78, 5) is 7.64. The Hall–Kier alpha value is -1.33. The van der Waals surface area contributed by atoms with E-state index in [2.05, 4.69) is 52.7 Å². The third kappa shape index (κ3) is 2.88. The number of aromatic nitrogens is 2. The quantitative estimate of drug-likeness (QED) is 0.899. The van der Waals surface area contributed by atoms with Crippen LogP contribution in [-0.2, 0) is 12.0 Å². The van der Waals surface area contributed by atoms with Gasteiger partial charge in [-0.25, -0.2) is 4.98 Å². The Bertz CT molecular complexity index is 614. The number of methoxy groups -OCH3 is 1. The first-order chi connectivity index (χ1) is 9.36. The molecule has 0 radical (unpaired) electrons. The van der Waals surface area contributed by atoms with Crippen LogP contribution in [0.15, 0.2) is 22.8 Å². The van der Waals surface area contributed by atoms with Gasteiger partial charge in [-0.05, 0) is 39.5 Å². The third-order valence-electron chi connectivity index (χ3n) is 3.18. The van der Waals surface area contributed by atoms with Gasteiger partial charge in [0.1, 0.15) is 21.9 Å². The molecule has 2 aromatic rings. The number of nitrogens with zero attached hydrogens (tertiary/aromatic N) is 1. The van der Waals surface area contributed by atoms with Crippen LogP contribution in [0.4, 0.5) is 0 Å². The maximum atomic E-state index is 5.62. The molecule has 0 unspecified atom stereocenters. The zero-order chi connectivity index (χ0) is 14.9. The molecule has 0 aliphatic carbocycles. The lowest BCUT2D eigenvalue weighted by molar-refractivity contribution is 0.397. The molecule has 0 saturated carbocycles. The normalized spacial score (nSPS) is 11.7. The van der Waals surface area contributed by atoms with Gasteiger partial charge in [-0.3, -0.25) is 0 Å². The van der Waals surface area contributed by atoms with Gasteiger partial charge in [-0.2, -0.15) is 0 Å². The highest BCUT2D eigenvalue weighted by atomic mass is 79.9. The van der Waals surface area contributed by atoms with Gasteiger partial charge in [0.15, 0.2) is 0 Å². The van der Waals surface area contributed by atoms with Crippen molar-refractivity contribution in [2.75, 3.05) is 7.11 Å². The molecule has 108 valence electrons. The van der Waals surface area contributed by atoms with E-state index in [-0.39, 0.29) is 5.41 Å². The second-order valence-corrected chi connectivity index (χ2v) is 6.51. The number of ether oxygens (including phenoxy) is 1. The number of hydrogen-bond acceptors (Lipinski definition) is 3. The molecule has 0 spiro atoms. The molecule has 2 rings (SSSR count). The molecule has 1 aromatic heterocycles. The summed E-state index contributed by atoms with van der Waals surface area (Å²) in [6.45, 7) is 6.89. The van der Waals surface area contributed by atoms with Gasteiger partial charge < -0.3 is 15.5 Å². The smallest absolute Gasteiger partial charge is 0.122 e. The second kappa shape index (κ2) is 5.58. The molecule has 0 aliphatic heterocycles. The molecule has 1 aromatic carbocycles. The summed E-state index contributed by atoms with van der Waals surface area (Å²) >= 11 is 3.50. The van der Waals surface area contributed by atoms with Crippen molar-refractivity contribution in [1.29, 1.82) is 0 Å². The van der Waals surface area contributed by atoms with Crippen molar-refractivity contribution < 1.29 is 4.74 Å². The Labute approximate surface area is 127 Å². The van der Waals surface area contributed by atoms with Crippen LogP contribution < -0.4 is 10.5 Å². The van der Waals surface area contributed by atoms with Gasteiger partial charge in [-0.15, -0.1) is 0 Å². The molecule has 0 atom stereocenters. The summed E-state index contributed by atoms with van der Waals surface area (Å²) in [5.41, 5.74) is 8.69. The van der Waals surface area contributed by atoms with Crippen molar-refractivity contribution >= 4 is 15.9 Å². The number of rotatable bonds is 3. The highest BCUT2D eigenvalue weighted by Crippen LogP contribution is 2.36. The molecule has 0 aliphatic rings. The SMILES string of the molecule is COc1ccc(-c2nc(CN)[nH]c2Br)cc1C(C)(C)C. The second-order valence-electron chi connectivity index (χ2n) is 5.72. The lowest BCUT2D eigenvalue weighted by Gasteiger charge is -2.22. The molecule has 1 heterocycles. The molecular formula is C15H20BrN3O. The van der Waals surface area contributed by atoms with Crippen molar-refractivity contribution in [3.05, 3.63) is 34.2 Å². The zero-order valence-corrected chi connectivity index (χ0v) is 13.8. The summed E-state index contributed by atoms with van der Waals surface area (Å²) < 4.78 is 6.31. The molecule has 5 heteroatoms. The average Bonchev–Trinajstić information content (AvgIpc) is 2.78. The number of benzene rings is 1. The Morgan fingerprint density at radius 2 is 2.05 bits per heavy atom. The van der Waals surface area contributed by atoms with Crippen LogP contribution in [0.2, 0.25) is 0 Å². The first-order valence-electron chi connectivity index (χ1n) is 6.50. The van der Waals surface area contributed by atoms with E-state index in [0.29, 0.717) is 6.54 Å². The van der Waals surface area contributed by atoms with Gasteiger partial charge in [0.2, 0.25) is 0 Å². The van der Waals surface area contributed by atoms with Crippen LogP contribution in [-0.4, -0.2) is 17.1 Å². The van der Waals surface area contributed by atoms with E-state index in [1.807, 2.05) is 12.1 Å². The number of nitrogens with one attached hydrogen (secondary N) is 1. The van der Waals surface area contributed by atoms with E-state index in [1.165, 1.54) is 0 Å². The summed E-state index contributed by atoms with van der Waals surface area (Å²) in [7, 11) is 1.70. The lowest BCUT2D eigenvalue weighted by atomic mass is 9.85. The molecule has 3 N–H and O–H groups in total. The van der Waals surface area contributed by atoms with Crippen molar-refractivity contribution in [2.24, 2.45) is 5.73 Å². The minimum Gasteiger partial charge on any atom is -0.496 e. The van der Waals surface area contributed by atoms with E-state index >= 15 is 0 Å². The van der Waals surface area contributed by atoms with Gasteiger partial charge in [0.25, 0.3) is 0 Å². The fraction of sp³-hybridized carbons (Fsp3) is 0.400. The summed E-state index contributed by atoms with van der Waals surface area (Å²) in [6, 6.07) is 6.12. The van der Waals surface area contributed by atoms with Crippen LogP contribution in [0.25, 0.3) is 11.3 Å². The third-order valence-corrected chi connectivity index (χ3v) is 3.76. The number of nitrogens with two attached hydrogens (primary N) is 1. The zero-order valence-electron chi connectivity index (χ0n) is 12.2. The van der Waals surface area contributed by atoms with Crippen LogP contribution in [0.1, 0.15) is 32.2 Å². The minimum atomic E-state index is 0.000827. The molecule has 20 heavy (non-hydrogen) atoms. The van der Waals surface area contributed by atoms with E-state index in [4.69, 9.17) is 10.5 Å². The highest BCUT2D eigenvalue weighted by molar-refractivity contribution is 9.10. The van der Waals surface area contributed by atoms with Crippen molar-refractivity contribution in [2.45, 2.75) is 32.7 Å². The van der Waals surface area contributed by atoms with Crippen LogP contribution in [0.5, 0.6) is 5.75 Å². The average molecular weight is 338 g/mol. The van der Waals surface area contributed by atoms with Crippen molar-refractivity contribution in [1.82, 2.24) is 9.97 Å². The molecule has 0 amide bonds. The molecule has 0 saturated heterocycles. The number of hydrogen-bond donors (Lipinski definition) is 2. The summed E-state index contributed by atoms with van der Waals surface area (Å²) in [5.74, 6) is 1.66. The van der Waals surface area contributed by atoms with Crippen LogP contribution in [0, 0.1) is 0 Å². The topological polar surface area (TPSA) is 63.9 Å². The van der Waals surface area contributed by atoms with Gasteiger partial charge >= 0.3 is 0 Å². The van der Waals surface area contributed by atoms with E-state index in [0.717, 1.165) is 33.0 Å². The first-order valence-corrected chi connectivity index (χ1v) is 7.29. The number of halogens is 1.